The summed E-state index contributed by atoms with van der Waals surface area (Å²) in [6.45, 7) is 9.57. The Labute approximate surface area is 179 Å². The molecule has 0 saturated carbocycles. The maximum Gasteiger partial charge on any atom is 0.341 e. The van der Waals surface area contributed by atoms with E-state index in [0.717, 1.165) is 50.7 Å². The summed E-state index contributed by atoms with van der Waals surface area (Å²) in [7, 11) is 0. The number of ether oxygens (including phenoxy) is 2. The van der Waals surface area contributed by atoms with Crippen molar-refractivity contribution < 1.29 is 14.3 Å². The largest absolute Gasteiger partial charge is 0.492 e. The number of carbonyl (C=O) groups is 1. The van der Waals surface area contributed by atoms with Crippen molar-refractivity contribution in [1.82, 2.24) is 0 Å². The minimum atomic E-state index is -0.252. The maximum absolute atomic E-state index is 12.7. The predicted molar refractivity (Wildman–Crippen MR) is 123 cm³/mol. The van der Waals surface area contributed by atoms with Crippen molar-refractivity contribution in [3.63, 3.8) is 0 Å². The second-order valence-corrected chi connectivity index (χ2v) is 8.03. The van der Waals surface area contributed by atoms with E-state index in [2.05, 4.69) is 26.8 Å². The van der Waals surface area contributed by atoms with Gasteiger partial charge < -0.3 is 9.47 Å². The van der Waals surface area contributed by atoms with Gasteiger partial charge in [0.15, 0.2) is 0 Å². The fourth-order valence-corrected chi connectivity index (χ4v) is 3.60. The van der Waals surface area contributed by atoms with Crippen LogP contribution >= 0.6 is 0 Å². The summed E-state index contributed by atoms with van der Waals surface area (Å²) in [5.41, 5.74) is 3.02. The highest BCUT2D eigenvalue weighted by Gasteiger charge is 2.19. The molecule has 0 unspecified atom stereocenters. The van der Waals surface area contributed by atoms with Crippen LogP contribution in [0.4, 0.5) is 0 Å². The van der Waals surface area contributed by atoms with Crippen molar-refractivity contribution in [3.05, 3.63) is 28.8 Å². The molecule has 166 valence electrons. The molecule has 0 fully saturated rings. The van der Waals surface area contributed by atoms with Crippen molar-refractivity contribution in [2.75, 3.05) is 13.2 Å². The van der Waals surface area contributed by atoms with Crippen molar-refractivity contribution >= 4 is 5.97 Å². The maximum atomic E-state index is 12.7. The minimum Gasteiger partial charge on any atom is -0.492 e. The van der Waals surface area contributed by atoms with Crippen LogP contribution in [0.15, 0.2) is 12.1 Å². The zero-order valence-electron chi connectivity index (χ0n) is 19.5. The molecule has 29 heavy (non-hydrogen) atoms. The smallest absolute Gasteiger partial charge is 0.341 e. The standard InChI is InChI=1S/C26H44O3/c1-5-9-12-13-14-15-16-19-29-25-23(18-11-7-3)20-22(17-10-6-2)21-24(25)26(27)28-8-4/h20-21H,5-19H2,1-4H3. The van der Waals surface area contributed by atoms with E-state index < -0.39 is 0 Å². The Morgan fingerprint density at radius 2 is 1.38 bits per heavy atom. The van der Waals surface area contributed by atoms with Crippen LogP contribution < -0.4 is 4.74 Å². The van der Waals surface area contributed by atoms with Crippen LogP contribution in [-0.2, 0) is 17.6 Å². The summed E-state index contributed by atoms with van der Waals surface area (Å²) in [4.78, 5) is 12.7. The first-order valence-electron chi connectivity index (χ1n) is 12.1. The molecular weight excluding hydrogens is 360 g/mol. The highest BCUT2D eigenvalue weighted by Crippen LogP contribution is 2.30. The quantitative estimate of drug-likeness (QED) is 0.197. The molecule has 1 rings (SSSR count). The SMILES string of the molecule is CCCCCCCCCOc1c(CCCC)cc(CCCC)cc1C(=O)OCC. The molecule has 3 nitrogen and oxygen atoms in total. The molecule has 0 amide bonds. The van der Waals surface area contributed by atoms with Gasteiger partial charge in [-0.15, -0.1) is 0 Å². The van der Waals surface area contributed by atoms with Gasteiger partial charge in [-0.2, -0.15) is 0 Å². The van der Waals surface area contributed by atoms with E-state index in [1.165, 1.54) is 49.7 Å². The lowest BCUT2D eigenvalue weighted by atomic mass is 9.97. The molecule has 0 saturated heterocycles. The fraction of sp³-hybridized carbons (Fsp3) is 0.731. The lowest BCUT2D eigenvalue weighted by molar-refractivity contribution is 0.0521. The Morgan fingerprint density at radius 3 is 2.03 bits per heavy atom. The van der Waals surface area contributed by atoms with E-state index in [9.17, 15) is 4.79 Å². The van der Waals surface area contributed by atoms with Crippen molar-refractivity contribution in [2.24, 2.45) is 0 Å². The topological polar surface area (TPSA) is 35.5 Å². The summed E-state index contributed by atoms with van der Waals surface area (Å²) >= 11 is 0. The molecule has 0 spiro atoms. The van der Waals surface area contributed by atoms with E-state index in [1.807, 2.05) is 13.0 Å². The van der Waals surface area contributed by atoms with Crippen LogP contribution in [0.2, 0.25) is 0 Å². The van der Waals surface area contributed by atoms with Gasteiger partial charge in [0.25, 0.3) is 0 Å². The Morgan fingerprint density at radius 1 is 0.759 bits per heavy atom. The predicted octanol–water partition coefficient (Wildman–Crippen LogP) is 7.68. The average Bonchev–Trinajstić information content (AvgIpc) is 2.73. The van der Waals surface area contributed by atoms with Crippen LogP contribution in [0.25, 0.3) is 0 Å². The Hall–Kier alpha value is -1.51. The number of hydrogen-bond donors (Lipinski definition) is 0. The van der Waals surface area contributed by atoms with Crippen LogP contribution in [0, 0.1) is 0 Å². The summed E-state index contributed by atoms with van der Waals surface area (Å²) in [5, 5.41) is 0. The van der Waals surface area contributed by atoms with Gasteiger partial charge >= 0.3 is 5.97 Å². The second-order valence-electron chi connectivity index (χ2n) is 8.03. The Bertz CT molecular complexity index is 565. The lowest BCUT2D eigenvalue weighted by Gasteiger charge is -2.17. The Balaban J connectivity index is 2.86. The number of benzene rings is 1. The first kappa shape index (κ1) is 25.5. The van der Waals surface area contributed by atoms with Gasteiger partial charge in [-0.25, -0.2) is 4.79 Å². The van der Waals surface area contributed by atoms with Gasteiger partial charge in [-0.3, -0.25) is 0 Å². The molecule has 0 aromatic heterocycles. The van der Waals surface area contributed by atoms with E-state index in [1.54, 1.807) is 0 Å². The number of rotatable bonds is 17. The minimum absolute atomic E-state index is 0.252. The second kappa shape index (κ2) is 16.3. The van der Waals surface area contributed by atoms with Gasteiger partial charge in [0, 0.05) is 0 Å². The summed E-state index contributed by atoms with van der Waals surface area (Å²) in [6.07, 6.45) is 15.2. The molecule has 0 heterocycles. The van der Waals surface area contributed by atoms with Crippen LogP contribution in [0.5, 0.6) is 5.75 Å². The number of carbonyl (C=O) groups excluding carboxylic acids is 1. The summed E-state index contributed by atoms with van der Waals surface area (Å²) < 4.78 is 11.6. The molecule has 0 atom stereocenters. The Kier molecular flexibility index (Phi) is 14.4. The highest BCUT2D eigenvalue weighted by molar-refractivity contribution is 5.93. The third-order valence-corrected chi connectivity index (χ3v) is 5.33. The van der Waals surface area contributed by atoms with Crippen molar-refractivity contribution in [3.8, 4) is 5.75 Å². The van der Waals surface area contributed by atoms with E-state index in [0.29, 0.717) is 18.8 Å². The molecule has 3 heteroatoms. The summed E-state index contributed by atoms with van der Waals surface area (Å²) in [5.74, 6) is 0.515. The molecule has 1 aromatic rings. The highest BCUT2D eigenvalue weighted by atomic mass is 16.5. The van der Waals surface area contributed by atoms with Gasteiger partial charge in [0.05, 0.1) is 13.2 Å². The molecule has 0 radical (unpaired) electrons. The normalized spacial score (nSPS) is 10.9. The molecule has 1 aromatic carbocycles. The monoisotopic (exact) mass is 404 g/mol. The van der Waals surface area contributed by atoms with E-state index in [-0.39, 0.29) is 5.97 Å². The fourth-order valence-electron chi connectivity index (χ4n) is 3.60. The summed E-state index contributed by atoms with van der Waals surface area (Å²) in [6, 6.07) is 4.26. The molecule has 0 aliphatic carbocycles. The van der Waals surface area contributed by atoms with Crippen LogP contribution in [-0.4, -0.2) is 19.2 Å². The first-order chi connectivity index (χ1) is 14.2. The molecule has 0 N–H and O–H groups in total. The van der Waals surface area contributed by atoms with E-state index >= 15 is 0 Å². The molecular formula is C26H44O3. The third kappa shape index (κ3) is 10.2. The van der Waals surface area contributed by atoms with Gasteiger partial charge in [-0.1, -0.05) is 78.2 Å². The molecule has 0 aliphatic rings. The van der Waals surface area contributed by atoms with E-state index in [4.69, 9.17) is 9.47 Å². The van der Waals surface area contributed by atoms with Crippen molar-refractivity contribution in [1.29, 1.82) is 0 Å². The number of esters is 1. The van der Waals surface area contributed by atoms with Crippen LogP contribution in [0.1, 0.15) is 120 Å². The van der Waals surface area contributed by atoms with Crippen molar-refractivity contribution in [2.45, 2.75) is 111 Å². The van der Waals surface area contributed by atoms with Gasteiger partial charge in [0.1, 0.15) is 11.3 Å². The average molecular weight is 405 g/mol. The number of unbranched alkanes of at least 4 members (excludes halogenated alkanes) is 8. The van der Waals surface area contributed by atoms with Gasteiger partial charge in [-0.05, 0) is 56.2 Å². The van der Waals surface area contributed by atoms with Gasteiger partial charge in [0.2, 0.25) is 0 Å². The van der Waals surface area contributed by atoms with Crippen LogP contribution in [0.3, 0.4) is 0 Å². The number of aryl methyl sites for hydroxylation is 2. The first-order valence-corrected chi connectivity index (χ1v) is 12.1. The lowest BCUT2D eigenvalue weighted by Crippen LogP contribution is -2.12. The zero-order valence-corrected chi connectivity index (χ0v) is 19.5. The zero-order chi connectivity index (χ0) is 21.3. The molecule has 0 aliphatic heterocycles. The third-order valence-electron chi connectivity index (χ3n) is 5.33. The molecule has 0 bridgehead atoms. The number of hydrogen-bond acceptors (Lipinski definition) is 3.